The number of nitrogens with two attached hydrogens (primary N) is 1. The van der Waals surface area contributed by atoms with Crippen LogP contribution in [0.4, 0.5) is 0 Å². The summed E-state index contributed by atoms with van der Waals surface area (Å²) in [4.78, 5) is 0. The molecule has 2 fully saturated rings. The molecule has 0 radical (unpaired) electrons. The van der Waals surface area contributed by atoms with Crippen molar-refractivity contribution in [3.63, 3.8) is 0 Å². The Kier molecular flexibility index (Phi) is 5.22. The first-order valence-corrected chi connectivity index (χ1v) is 8.82. The number of nitrogens with zero attached hydrogens (tertiary/aromatic N) is 1. The maximum Gasteiger partial charge on any atom is 0.217 e. The molecule has 0 aromatic heterocycles. The lowest BCUT2D eigenvalue weighted by atomic mass is 9.85. The molecule has 1 heterocycles. The Bertz CT molecular complexity index is 379. The predicted octanol–water partition coefficient (Wildman–Crippen LogP) is 0.945. The van der Waals surface area contributed by atoms with Gasteiger partial charge in [-0.25, -0.2) is 12.7 Å². The van der Waals surface area contributed by atoms with Crippen LogP contribution >= 0.6 is 0 Å². The smallest absolute Gasteiger partial charge is 0.217 e. The first kappa shape index (κ1) is 15.2. The minimum Gasteiger partial charge on any atom is -0.381 e. The van der Waals surface area contributed by atoms with Gasteiger partial charge in [0.2, 0.25) is 10.0 Å². The number of ether oxygens (including phenoxy) is 1. The summed E-state index contributed by atoms with van der Waals surface area (Å²) in [5, 5.41) is -0.272. The van der Waals surface area contributed by atoms with Crippen LogP contribution in [0.3, 0.4) is 0 Å². The fourth-order valence-corrected chi connectivity index (χ4v) is 5.25. The lowest BCUT2D eigenvalue weighted by Gasteiger charge is -2.38. The normalized spacial score (nSPS) is 30.7. The van der Waals surface area contributed by atoms with E-state index in [9.17, 15) is 8.42 Å². The minimum atomic E-state index is -3.21. The van der Waals surface area contributed by atoms with Crippen molar-refractivity contribution in [3.8, 4) is 0 Å². The molecule has 19 heavy (non-hydrogen) atoms. The number of hydrogen-bond donors (Lipinski definition) is 1. The average Bonchev–Trinajstić information content (AvgIpc) is 2.47. The third-order valence-corrected chi connectivity index (χ3v) is 7.02. The van der Waals surface area contributed by atoms with Gasteiger partial charge in [-0.2, -0.15) is 0 Å². The van der Waals surface area contributed by atoms with E-state index < -0.39 is 10.0 Å². The van der Waals surface area contributed by atoms with E-state index in [2.05, 4.69) is 0 Å². The highest BCUT2D eigenvalue weighted by molar-refractivity contribution is 7.89. The molecular formula is C13H26N2O3S. The van der Waals surface area contributed by atoms with Crippen molar-refractivity contribution < 1.29 is 13.2 Å². The van der Waals surface area contributed by atoms with Gasteiger partial charge in [0, 0.05) is 26.3 Å². The summed E-state index contributed by atoms with van der Waals surface area (Å²) in [5.74, 6) is 0.313. The van der Waals surface area contributed by atoms with Gasteiger partial charge in [0.1, 0.15) is 0 Å². The predicted molar refractivity (Wildman–Crippen MR) is 75.3 cm³/mol. The van der Waals surface area contributed by atoms with Crippen molar-refractivity contribution in [1.29, 1.82) is 0 Å². The Balaban J connectivity index is 2.09. The zero-order chi connectivity index (χ0) is 13.9. The highest BCUT2D eigenvalue weighted by atomic mass is 32.2. The second kappa shape index (κ2) is 6.52. The molecule has 0 spiro atoms. The van der Waals surface area contributed by atoms with E-state index in [0.717, 1.165) is 19.3 Å². The molecule has 1 saturated heterocycles. The zero-order valence-corrected chi connectivity index (χ0v) is 12.6. The van der Waals surface area contributed by atoms with Crippen LogP contribution in [0.1, 0.15) is 38.5 Å². The van der Waals surface area contributed by atoms with Gasteiger partial charge < -0.3 is 10.5 Å². The fraction of sp³-hybridized carbons (Fsp3) is 1.00. The molecule has 2 aliphatic rings. The molecule has 0 bridgehead atoms. The van der Waals surface area contributed by atoms with Crippen LogP contribution in [0.5, 0.6) is 0 Å². The Labute approximate surface area is 116 Å². The van der Waals surface area contributed by atoms with Gasteiger partial charge in [0.05, 0.1) is 5.25 Å². The molecule has 2 atom stereocenters. The molecule has 0 aromatic carbocycles. The van der Waals surface area contributed by atoms with Crippen LogP contribution in [0.25, 0.3) is 0 Å². The summed E-state index contributed by atoms with van der Waals surface area (Å²) in [6.45, 7) is 1.70. The van der Waals surface area contributed by atoms with E-state index in [1.165, 1.54) is 6.42 Å². The summed E-state index contributed by atoms with van der Waals surface area (Å²) in [5.41, 5.74) is 5.81. The van der Waals surface area contributed by atoms with Crippen LogP contribution in [0.2, 0.25) is 0 Å². The summed E-state index contributed by atoms with van der Waals surface area (Å²) in [6, 6.07) is 0.0894. The van der Waals surface area contributed by atoms with Gasteiger partial charge >= 0.3 is 0 Å². The molecule has 1 saturated carbocycles. The molecule has 5 nitrogen and oxygen atoms in total. The van der Waals surface area contributed by atoms with E-state index in [1.54, 1.807) is 11.4 Å². The Morgan fingerprint density at radius 3 is 2.42 bits per heavy atom. The van der Waals surface area contributed by atoms with Crippen molar-refractivity contribution in [1.82, 2.24) is 4.31 Å². The number of sulfonamides is 1. The zero-order valence-electron chi connectivity index (χ0n) is 11.8. The molecule has 112 valence electrons. The molecule has 1 aliphatic heterocycles. The van der Waals surface area contributed by atoms with Crippen LogP contribution in [-0.4, -0.2) is 50.8 Å². The maximum atomic E-state index is 12.7. The molecule has 2 rings (SSSR count). The average molecular weight is 290 g/mol. The highest BCUT2D eigenvalue weighted by Gasteiger charge is 2.38. The molecule has 0 amide bonds. The number of rotatable bonds is 4. The summed E-state index contributed by atoms with van der Waals surface area (Å²) < 4.78 is 32.2. The maximum absolute atomic E-state index is 12.7. The third-order valence-electron chi connectivity index (χ3n) is 4.63. The van der Waals surface area contributed by atoms with Crippen molar-refractivity contribution in [2.24, 2.45) is 11.7 Å². The van der Waals surface area contributed by atoms with Crippen molar-refractivity contribution in [3.05, 3.63) is 0 Å². The Morgan fingerprint density at radius 1 is 1.16 bits per heavy atom. The lowest BCUT2D eigenvalue weighted by Crippen LogP contribution is -2.49. The summed E-state index contributed by atoms with van der Waals surface area (Å²) in [6.07, 6.45) is 5.51. The van der Waals surface area contributed by atoms with Gasteiger partial charge in [-0.05, 0) is 38.1 Å². The standard InChI is InChI=1S/C13H26N2O3S/c1-15(13-5-3-2-4-11(13)10-14)19(16,17)12-6-8-18-9-7-12/h11-13H,2-10,14H2,1H3. The van der Waals surface area contributed by atoms with Gasteiger partial charge in [0.25, 0.3) is 0 Å². The van der Waals surface area contributed by atoms with E-state index in [4.69, 9.17) is 10.5 Å². The molecule has 2 unspecified atom stereocenters. The quantitative estimate of drug-likeness (QED) is 0.836. The first-order chi connectivity index (χ1) is 9.07. The van der Waals surface area contributed by atoms with E-state index in [0.29, 0.717) is 38.5 Å². The molecule has 1 aliphatic carbocycles. The summed E-state index contributed by atoms with van der Waals surface area (Å²) >= 11 is 0. The molecular weight excluding hydrogens is 264 g/mol. The molecule has 0 aromatic rings. The van der Waals surface area contributed by atoms with Gasteiger partial charge in [-0.1, -0.05) is 12.8 Å². The topological polar surface area (TPSA) is 72.6 Å². The van der Waals surface area contributed by atoms with Crippen molar-refractivity contribution in [2.45, 2.75) is 49.8 Å². The van der Waals surface area contributed by atoms with Crippen LogP contribution in [-0.2, 0) is 14.8 Å². The van der Waals surface area contributed by atoms with Gasteiger partial charge in [0.15, 0.2) is 0 Å². The van der Waals surface area contributed by atoms with Crippen molar-refractivity contribution >= 4 is 10.0 Å². The SMILES string of the molecule is CN(C1CCCCC1CN)S(=O)(=O)C1CCOCC1. The Hall–Kier alpha value is -0.170. The highest BCUT2D eigenvalue weighted by Crippen LogP contribution is 2.31. The van der Waals surface area contributed by atoms with Gasteiger partial charge in [-0.3, -0.25) is 0 Å². The third kappa shape index (κ3) is 3.29. The monoisotopic (exact) mass is 290 g/mol. The lowest BCUT2D eigenvalue weighted by molar-refractivity contribution is 0.0962. The minimum absolute atomic E-state index is 0.0894. The number of hydrogen-bond acceptors (Lipinski definition) is 4. The van der Waals surface area contributed by atoms with Crippen molar-refractivity contribution in [2.75, 3.05) is 26.8 Å². The van der Waals surface area contributed by atoms with Crippen LogP contribution < -0.4 is 5.73 Å². The van der Waals surface area contributed by atoms with Crippen LogP contribution in [0.15, 0.2) is 0 Å². The molecule has 6 heteroatoms. The Morgan fingerprint density at radius 2 is 1.79 bits per heavy atom. The molecule has 2 N–H and O–H groups in total. The fourth-order valence-electron chi connectivity index (χ4n) is 3.34. The largest absolute Gasteiger partial charge is 0.381 e. The van der Waals surface area contributed by atoms with Crippen LogP contribution in [0, 0.1) is 5.92 Å². The second-order valence-electron chi connectivity index (χ2n) is 5.72. The van der Waals surface area contributed by atoms with E-state index in [-0.39, 0.29) is 11.3 Å². The summed E-state index contributed by atoms with van der Waals surface area (Å²) in [7, 11) is -1.47. The van der Waals surface area contributed by atoms with E-state index >= 15 is 0 Å². The second-order valence-corrected chi connectivity index (χ2v) is 7.99. The first-order valence-electron chi connectivity index (χ1n) is 7.32. The van der Waals surface area contributed by atoms with E-state index in [1.807, 2.05) is 0 Å². The van der Waals surface area contributed by atoms with Gasteiger partial charge in [-0.15, -0.1) is 0 Å².